The lowest BCUT2D eigenvalue weighted by molar-refractivity contribution is -0.114. The molecular formula is C52H40N2O2. The van der Waals surface area contributed by atoms with Crippen molar-refractivity contribution in [1.29, 1.82) is 0 Å². The second kappa shape index (κ2) is 16.5. The lowest BCUT2D eigenvalue weighted by atomic mass is 9.86. The zero-order valence-corrected chi connectivity index (χ0v) is 31.1. The summed E-state index contributed by atoms with van der Waals surface area (Å²) in [6.07, 6.45) is 5.94. The predicted molar refractivity (Wildman–Crippen MR) is 230 cm³/mol. The molecule has 0 aliphatic rings. The molecule has 2 aromatic heterocycles. The quantitative estimate of drug-likeness (QED) is 0.107. The summed E-state index contributed by atoms with van der Waals surface area (Å²) in [6.45, 7) is 1.52. The molecule has 4 nitrogen and oxygen atoms in total. The van der Waals surface area contributed by atoms with E-state index >= 15 is 0 Å². The molecule has 0 aliphatic carbocycles. The van der Waals surface area contributed by atoms with Crippen LogP contribution in [-0.4, -0.2) is 20.9 Å². The number of carbonyl (C=O) groups excluding carboxylic acids is 1. The van der Waals surface area contributed by atoms with Gasteiger partial charge in [-0.2, -0.15) is 0 Å². The zero-order valence-electron chi connectivity index (χ0n) is 31.1. The molecular weight excluding hydrogens is 685 g/mol. The average Bonchev–Trinajstić information content (AvgIpc) is 3.26. The molecule has 6 aromatic carbocycles. The molecule has 0 saturated heterocycles. The van der Waals surface area contributed by atoms with Crippen molar-refractivity contribution in [2.45, 2.75) is 19.8 Å². The van der Waals surface area contributed by atoms with Gasteiger partial charge >= 0.3 is 0 Å². The van der Waals surface area contributed by atoms with E-state index in [1.165, 1.54) is 13.0 Å². The number of carbonyl (C=O) groups is 1. The van der Waals surface area contributed by atoms with E-state index in [2.05, 4.69) is 138 Å². The van der Waals surface area contributed by atoms with Gasteiger partial charge in [-0.05, 0) is 105 Å². The summed E-state index contributed by atoms with van der Waals surface area (Å²) >= 11 is 0. The number of nitrogens with zero attached hydrogens (tertiary/aromatic N) is 2. The van der Waals surface area contributed by atoms with Gasteiger partial charge in [-0.3, -0.25) is 14.8 Å². The number of pyridine rings is 2. The van der Waals surface area contributed by atoms with Crippen molar-refractivity contribution in [3.63, 3.8) is 0 Å². The molecule has 2 heterocycles. The fourth-order valence-electron chi connectivity index (χ4n) is 7.34. The van der Waals surface area contributed by atoms with Crippen molar-refractivity contribution in [3.05, 3.63) is 206 Å². The van der Waals surface area contributed by atoms with E-state index in [0.717, 1.165) is 83.7 Å². The third-order valence-electron chi connectivity index (χ3n) is 10.0. The Bertz CT molecular complexity index is 2500. The van der Waals surface area contributed by atoms with E-state index in [0.29, 0.717) is 12.8 Å². The van der Waals surface area contributed by atoms with Crippen LogP contribution in [0.5, 0.6) is 0 Å². The van der Waals surface area contributed by atoms with Crippen LogP contribution in [0.1, 0.15) is 18.9 Å². The average molecular weight is 725 g/mol. The van der Waals surface area contributed by atoms with Gasteiger partial charge < -0.3 is 5.11 Å². The molecule has 0 saturated carbocycles. The van der Waals surface area contributed by atoms with Gasteiger partial charge in [-0.25, -0.2) is 0 Å². The third-order valence-corrected chi connectivity index (χ3v) is 10.0. The van der Waals surface area contributed by atoms with E-state index < -0.39 is 0 Å². The highest BCUT2D eigenvalue weighted by atomic mass is 16.3. The molecule has 270 valence electrons. The number of aryl methyl sites for hydroxylation is 1. The van der Waals surface area contributed by atoms with Crippen LogP contribution >= 0.6 is 0 Å². The van der Waals surface area contributed by atoms with Gasteiger partial charge in [0.2, 0.25) is 0 Å². The fraction of sp³-hybridized carbons (Fsp3) is 0.0577. The normalized spacial score (nSPS) is 11.3. The second-order valence-corrected chi connectivity index (χ2v) is 13.9. The topological polar surface area (TPSA) is 63.1 Å². The Balaban J connectivity index is 1.26. The number of allylic oxidation sites excluding steroid dienone is 2. The van der Waals surface area contributed by atoms with Crippen LogP contribution in [0, 0.1) is 0 Å². The maximum absolute atomic E-state index is 12.7. The summed E-state index contributed by atoms with van der Waals surface area (Å²) in [5.74, 6) is -0.0766. The van der Waals surface area contributed by atoms with Crippen LogP contribution in [0.25, 0.3) is 78.1 Å². The molecule has 0 fully saturated rings. The van der Waals surface area contributed by atoms with Crippen LogP contribution in [0.3, 0.4) is 0 Å². The van der Waals surface area contributed by atoms with Gasteiger partial charge in [-0.15, -0.1) is 0 Å². The van der Waals surface area contributed by atoms with E-state index in [9.17, 15) is 9.90 Å². The Morgan fingerprint density at radius 2 is 0.964 bits per heavy atom. The maximum Gasteiger partial charge on any atom is 0.159 e. The number of benzene rings is 6. The maximum atomic E-state index is 12.7. The first-order valence-corrected chi connectivity index (χ1v) is 18.9. The number of hydrogen-bond acceptors (Lipinski definition) is 4. The molecule has 8 rings (SSSR count). The van der Waals surface area contributed by atoms with Gasteiger partial charge in [0.05, 0.1) is 17.1 Å². The molecule has 0 radical (unpaired) electrons. The van der Waals surface area contributed by atoms with E-state index in [1.807, 2.05) is 54.9 Å². The van der Waals surface area contributed by atoms with E-state index in [1.54, 1.807) is 0 Å². The molecule has 0 atom stereocenters. The van der Waals surface area contributed by atoms with Gasteiger partial charge in [0, 0.05) is 41.6 Å². The molecule has 4 heteroatoms. The first kappa shape index (κ1) is 35.8. The molecule has 56 heavy (non-hydrogen) atoms. The minimum absolute atomic E-state index is 0.0224. The number of aromatic nitrogens is 2. The van der Waals surface area contributed by atoms with Crippen molar-refractivity contribution in [2.75, 3.05) is 0 Å². The number of aliphatic hydroxyl groups is 1. The fourth-order valence-corrected chi connectivity index (χ4v) is 7.34. The van der Waals surface area contributed by atoms with Gasteiger partial charge in [0.25, 0.3) is 0 Å². The van der Waals surface area contributed by atoms with Crippen molar-refractivity contribution < 1.29 is 9.90 Å². The van der Waals surface area contributed by atoms with Crippen LogP contribution in [0.4, 0.5) is 0 Å². The lowest BCUT2D eigenvalue weighted by Crippen LogP contribution is -1.99. The zero-order chi connectivity index (χ0) is 38.3. The molecule has 0 unspecified atom stereocenters. The number of hydrogen-bond donors (Lipinski definition) is 1. The van der Waals surface area contributed by atoms with Crippen LogP contribution < -0.4 is 0 Å². The van der Waals surface area contributed by atoms with E-state index in [-0.39, 0.29) is 11.5 Å². The Labute approximate surface area is 328 Å². The van der Waals surface area contributed by atoms with Crippen molar-refractivity contribution in [2.24, 2.45) is 0 Å². The number of rotatable bonds is 11. The summed E-state index contributed by atoms with van der Waals surface area (Å²) < 4.78 is 0. The Morgan fingerprint density at radius 1 is 0.482 bits per heavy atom. The van der Waals surface area contributed by atoms with Gasteiger partial charge in [0.15, 0.2) is 5.78 Å². The molecule has 0 aliphatic heterocycles. The van der Waals surface area contributed by atoms with Crippen LogP contribution in [0.15, 0.2) is 200 Å². The largest absolute Gasteiger partial charge is 0.512 e. The van der Waals surface area contributed by atoms with Crippen LogP contribution in [-0.2, 0) is 11.2 Å². The molecule has 8 aromatic rings. The van der Waals surface area contributed by atoms with Crippen molar-refractivity contribution in [3.8, 4) is 78.1 Å². The summed E-state index contributed by atoms with van der Waals surface area (Å²) in [4.78, 5) is 22.1. The molecule has 0 spiro atoms. The second-order valence-electron chi connectivity index (χ2n) is 13.9. The Hall–Kier alpha value is -7.17. The van der Waals surface area contributed by atoms with E-state index in [4.69, 9.17) is 4.98 Å². The highest BCUT2D eigenvalue weighted by Gasteiger charge is 2.16. The molecule has 0 bridgehead atoms. The summed E-state index contributed by atoms with van der Waals surface area (Å²) in [5.41, 5.74) is 15.9. The number of aliphatic hydroxyl groups excluding tert-OH is 1. The smallest absolute Gasteiger partial charge is 0.159 e. The Morgan fingerprint density at radius 3 is 1.55 bits per heavy atom. The third kappa shape index (κ3) is 8.01. The van der Waals surface area contributed by atoms with Gasteiger partial charge in [0.1, 0.15) is 0 Å². The standard InChI is InChI=1S/C52H40N2O2/c1-36(55)31-45(56)28-26-37-13-5-6-16-46(37)42-32-43(49-19-9-7-17-47(49)38-22-24-40(25-23-38)51-21-11-12-30-53-51)34-44(33-42)50-20-10-8-18-48(50)41-27-29-52(54-35-41)39-14-3-2-4-15-39/h2-25,27,29-35,55H,26,28H2,1H3/b36-31-. The highest BCUT2D eigenvalue weighted by molar-refractivity contribution is 5.93. The summed E-state index contributed by atoms with van der Waals surface area (Å²) in [7, 11) is 0. The number of ketones is 1. The first-order chi connectivity index (χ1) is 27.5. The minimum atomic E-state index is -0.0990. The highest BCUT2D eigenvalue weighted by Crippen LogP contribution is 2.41. The predicted octanol–water partition coefficient (Wildman–Crippen LogP) is 13.1. The van der Waals surface area contributed by atoms with Gasteiger partial charge in [-0.1, -0.05) is 140 Å². The molecule has 0 amide bonds. The lowest BCUT2D eigenvalue weighted by Gasteiger charge is -2.18. The summed E-state index contributed by atoms with van der Waals surface area (Å²) in [6, 6.07) is 61.2. The Kier molecular flexibility index (Phi) is 10.5. The van der Waals surface area contributed by atoms with Crippen molar-refractivity contribution in [1.82, 2.24) is 9.97 Å². The SMILES string of the molecule is C/C(O)=C/C(=O)CCc1ccccc1-c1cc(-c2ccccc2-c2ccc(-c3ccccn3)cc2)cc(-c2ccccc2-c2ccc(-c3ccccc3)nc2)c1. The molecule has 1 N–H and O–H groups in total. The monoisotopic (exact) mass is 724 g/mol. The van der Waals surface area contributed by atoms with Crippen molar-refractivity contribution >= 4 is 5.78 Å². The summed E-state index contributed by atoms with van der Waals surface area (Å²) in [5, 5.41) is 9.70. The first-order valence-electron chi connectivity index (χ1n) is 18.9. The van der Waals surface area contributed by atoms with Crippen LogP contribution in [0.2, 0.25) is 0 Å². The minimum Gasteiger partial charge on any atom is -0.512 e.